The van der Waals surface area contributed by atoms with Crippen LogP contribution in [-0.2, 0) is 16.9 Å². The fraction of sp³-hybridized carbons (Fsp3) is 0.0583. The van der Waals surface area contributed by atoms with E-state index in [1.807, 2.05) is 244 Å². The first kappa shape index (κ1) is 89.3. The second-order valence-electron chi connectivity index (χ2n) is 30.6. The van der Waals surface area contributed by atoms with Crippen LogP contribution in [0, 0.1) is 34.0 Å². The molecule has 11 aromatic carbocycles. The molecule has 0 saturated heterocycles. The second-order valence-corrected chi connectivity index (χ2v) is 32.6. The van der Waals surface area contributed by atoms with E-state index in [2.05, 4.69) is 94.3 Å². The summed E-state index contributed by atoms with van der Waals surface area (Å²) in [7, 11) is 1.88. The van der Waals surface area contributed by atoms with E-state index in [0.29, 0.717) is 86.7 Å². The molecule has 0 saturated carbocycles. The van der Waals surface area contributed by atoms with Gasteiger partial charge in [0.2, 0.25) is 0 Å². The summed E-state index contributed by atoms with van der Waals surface area (Å²) in [5, 5.41) is 96.4. The molecule has 0 fully saturated rings. The Bertz CT molecular complexity index is 8360. The van der Waals surface area contributed by atoms with Crippen LogP contribution in [0.2, 0.25) is 0 Å². The summed E-state index contributed by atoms with van der Waals surface area (Å²) in [6, 6.07) is 109. The first-order chi connectivity index (χ1) is 67.2. The molecule has 11 aromatic heterocycles. The Labute approximate surface area is 785 Å². The van der Waals surface area contributed by atoms with Gasteiger partial charge in [0, 0.05) is 76.5 Å². The highest BCUT2D eigenvalue weighted by molar-refractivity contribution is 7.90. The third-order valence-electron chi connectivity index (χ3n) is 21.1. The van der Waals surface area contributed by atoms with Gasteiger partial charge >= 0.3 is 6.11 Å². The summed E-state index contributed by atoms with van der Waals surface area (Å²) in [5.74, 6) is 7.71. The number of ether oxygens (including phenoxy) is 5. The molecule has 0 amide bonds. The third-order valence-corrected chi connectivity index (χ3v) is 22.2. The number of methoxy groups -OCH3 is 2. The predicted octanol–water partition coefficient (Wildman–Crippen LogP) is 19.6. The van der Waals surface area contributed by atoms with Crippen molar-refractivity contribution in [1.29, 1.82) is 15.8 Å². The number of rotatable bonds is 19. The van der Waals surface area contributed by atoms with Gasteiger partial charge in [-0.3, -0.25) is 4.68 Å². The van der Waals surface area contributed by atoms with Crippen LogP contribution in [0.25, 0.3) is 141 Å². The summed E-state index contributed by atoms with van der Waals surface area (Å²) in [6.45, 7) is 0.688. The van der Waals surface area contributed by atoms with Gasteiger partial charge in [-0.05, 0) is 291 Å². The average Bonchev–Trinajstić information content (AvgIpc) is 1.65. The Morgan fingerprint density at radius 2 is 0.594 bits per heavy atom. The first-order valence-electron chi connectivity index (χ1n) is 42.3. The molecular formula is C103H73F2N25O7S. The molecule has 0 aliphatic heterocycles. The highest BCUT2D eigenvalue weighted by atomic mass is 32.2. The molecule has 0 atom stereocenters. The monoisotopic (exact) mass is 1840 g/mol. The third kappa shape index (κ3) is 20.7. The maximum absolute atomic E-state index is 13.0. The zero-order chi connectivity index (χ0) is 95.2. The topological polar surface area (TPSA) is 385 Å². The van der Waals surface area contributed by atoms with Gasteiger partial charge in [-0.2, -0.15) is 77.7 Å². The smallest absolute Gasteiger partial charge is 0.394 e. The number of para-hydroxylation sites is 2. The quantitative estimate of drug-likeness (QED) is 0.0725. The molecule has 0 spiro atoms. The van der Waals surface area contributed by atoms with Crippen molar-refractivity contribution in [3.63, 3.8) is 0 Å². The van der Waals surface area contributed by atoms with Crippen LogP contribution < -0.4 is 23.7 Å². The number of aromatic nitrogens is 22. The van der Waals surface area contributed by atoms with E-state index >= 15 is 0 Å². The Balaban J connectivity index is 0.000000115. The van der Waals surface area contributed by atoms with Crippen molar-refractivity contribution in [1.82, 2.24) is 109 Å². The molecule has 0 aliphatic rings. The van der Waals surface area contributed by atoms with Gasteiger partial charge < -0.3 is 23.7 Å². The van der Waals surface area contributed by atoms with Crippen LogP contribution in [0.3, 0.4) is 0 Å². The molecule has 0 unspecified atom stereocenters. The fourth-order valence-electron chi connectivity index (χ4n) is 14.2. The predicted molar refractivity (Wildman–Crippen MR) is 510 cm³/mol. The standard InChI is InChI=1S/C24H18N4O3S.C21H16N6O.C20H13F2N5O.2C19H13N5O/c1-32(29,30)21-13-9-18(10-14-21)24-26-25-23-16-15-22(27-28(23)24)17-7-11-20(12-8-17)31-19-5-3-2-4-6-19;1-26-14-16(13-22-26)21-24-23-20-12-11-19(25-27(20)21)15-7-9-18(10-8-15)28-17-5-3-2-4-6-17;1-20(21,22)28-16-8-6-14(7-9-16)17-10-11-18-24-25-19(27(18)26-17)15-4-2-13(12-23)3-5-15;1-25-16-8-6-14(7-9-16)17-10-11-18-21-22-19(24(18)23-17)15-4-2-13(12-20)3-5-15;1-25-16-7-5-14(6-8-16)17-9-10-18-21-22-19(24(18)23-17)15-4-2-3-13(11-15)12-20/h2-16H,1H3;2-14H,1H3;2-11H,1H3;2*2-11H,1H3. The Hall–Kier alpha value is -19.3. The first-order valence-corrected chi connectivity index (χ1v) is 44.2. The zero-order valence-corrected chi connectivity index (χ0v) is 74.5. The summed E-state index contributed by atoms with van der Waals surface area (Å²) < 4.78 is 86.1. The molecule has 11 heterocycles. The van der Waals surface area contributed by atoms with Gasteiger partial charge in [-0.1, -0.05) is 48.5 Å². The molecule has 32 nitrogen and oxygen atoms in total. The van der Waals surface area contributed by atoms with Crippen molar-refractivity contribution >= 4 is 38.1 Å². The molecule has 0 N–H and O–H groups in total. The van der Waals surface area contributed by atoms with E-state index in [9.17, 15) is 17.2 Å². The number of hydrogen-bond donors (Lipinski definition) is 0. The van der Waals surface area contributed by atoms with Crippen molar-refractivity contribution in [2.75, 3.05) is 20.5 Å². The van der Waals surface area contributed by atoms with Crippen LogP contribution in [0.5, 0.6) is 40.2 Å². The normalized spacial score (nSPS) is 11.0. The van der Waals surface area contributed by atoms with Crippen molar-refractivity contribution in [2.24, 2.45) is 7.05 Å². The molecule has 22 rings (SSSR count). The van der Waals surface area contributed by atoms with Crippen LogP contribution in [-0.4, -0.2) is 144 Å². The van der Waals surface area contributed by atoms with E-state index in [-0.39, 0.29) is 10.6 Å². The van der Waals surface area contributed by atoms with Crippen LogP contribution in [0.1, 0.15) is 23.6 Å². The van der Waals surface area contributed by atoms with Crippen molar-refractivity contribution in [3.05, 3.63) is 369 Å². The molecular weight excluding hydrogens is 1770 g/mol. The minimum Gasteiger partial charge on any atom is -0.497 e. The van der Waals surface area contributed by atoms with E-state index in [1.165, 1.54) is 18.4 Å². The highest BCUT2D eigenvalue weighted by Crippen LogP contribution is 2.34. The number of nitrogens with zero attached hydrogens (tertiary/aromatic N) is 25. The zero-order valence-electron chi connectivity index (χ0n) is 73.7. The lowest BCUT2D eigenvalue weighted by molar-refractivity contribution is -0.158. The lowest BCUT2D eigenvalue weighted by atomic mass is 10.1. The summed E-state index contributed by atoms with van der Waals surface area (Å²) in [5.41, 5.74) is 17.3. The van der Waals surface area contributed by atoms with Gasteiger partial charge in [0.05, 0.1) is 94.2 Å². The van der Waals surface area contributed by atoms with Crippen molar-refractivity contribution in [3.8, 4) is 172 Å². The van der Waals surface area contributed by atoms with Crippen molar-refractivity contribution < 1.29 is 40.9 Å². The fourth-order valence-corrected chi connectivity index (χ4v) is 14.8. The molecule has 138 heavy (non-hydrogen) atoms. The Kier molecular flexibility index (Phi) is 25.7. The minimum absolute atomic E-state index is 0.0693. The van der Waals surface area contributed by atoms with E-state index in [0.717, 1.165) is 113 Å². The van der Waals surface area contributed by atoms with Crippen LogP contribution in [0.4, 0.5) is 8.78 Å². The Morgan fingerprint density at radius 1 is 0.304 bits per heavy atom. The number of fused-ring (bicyclic) bond motifs is 5. The lowest BCUT2D eigenvalue weighted by Gasteiger charge is -2.13. The average molecular weight is 1840 g/mol. The second kappa shape index (κ2) is 39.8. The number of nitriles is 3. The van der Waals surface area contributed by atoms with E-state index in [1.54, 1.807) is 145 Å². The number of sulfone groups is 1. The maximum Gasteiger partial charge on any atom is 0.394 e. The van der Waals surface area contributed by atoms with Gasteiger partial charge in [-0.15, -0.1) is 51.0 Å². The minimum atomic E-state index is -3.27. The number of halogens is 2. The maximum atomic E-state index is 13.0. The summed E-state index contributed by atoms with van der Waals surface area (Å²) in [4.78, 5) is 0.251. The summed E-state index contributed by atoms with van der Waals surface area (Å²) >= 11 is 0. The number of benzene rings is 11. The van der Waals surface area contributed by atoms with Gasteiger partial charge in [0.25, 0.3) is 0 Å². The van der Waals surface area contributed by atoms with E-state index in [4.69, 9.17) is 44.9 Å². The SMILES string of the molecule is CC(F)(F)Oc1ccc(-c2ccc3nnc(-c4ccc(C#N)cc4)n3n2)cc1.COc1ccc(-c2ccc3nnc(-c4ccc(C#N)cc4)n3n2)cc1.COc1ccc(-c2ccc3nnc(-c4cccc(C#N)c4)n3n2)cc1.CS(=O)(=O)c1ccc(-c2nnc3ccc(-c4ccc(Oc5ccccc5)cc4)nn23)cc1.Cn1cc(-c2nnc3ccc(-c4ccc(Oc5ccccc5)cc4)nn23)cn1. The number of alkyl halides is 2. The lowest BCUT2D eigenvalue weighted by Crippen LogP contribution is -2.18. The molecule has 672 valence electrons. The molecule has 0 radical (unpaired) electrons. The molecule has 35 heteroatoms. The van der Waals surface area contributed by atoms with E-state index < -0.39 is 15.9 Å². The van der Waals surface area contributed by atoms with Gasteiger partial charge in [-0.25, -0.2) is 8.42 Å². The molecule has 0 aliphatic carbocycles. The Morgan fingerprint density at radius 3 is 0.891 bits per heavy atom. The van der Waals surface area contributed by atoms with Gasteiger partial charge in [0.15, 0.2) is 67.2 Å². The van der Waals surface area contributed by atoms with Crippen LogP contribution in [0.15, 0.2) is 357 Å². The number of aryl methyl sites for hydroxylation is 1. The van der Waals surface area contributed by atoms with Crippen LogP contribution >= 0.6 is 0 Å². The highest BCUT2D eigenvalue weighted by Gasteiger charge is 2.24. The number of hydrogen-bond acceptors (Lipinski definition) is 26. The summed E-state index contributed by atoms with van der Waals surface area (Å²) in [6.07, 6.45) is 1.58. The molecule has 0 bridgehead atoms. The largest absolute Gasteiger partial charge is 0.497 e. The molecule has 22 aromatic rings. The van der Waals surface area contributed by atoms with Crippen molar-refractivity contribution in [2.45, 2.75) is 17.9 Å². The van der Waals surface area contributed by atoms with Gasteiger partial charge in [0.1, 0.15) is 40.2 Å².